The topological polar surface area (TPSA) is 109 Å². The van der Waals surface area contributed by atoms with Crippen molar-refractivity contribution in [2.75, 3.05) is 5.75 Å². The van der Waals surface area contributed by atoms with E-state index in [1.165, 1.54) is 0 Å². The van der Waals surface area contributed by atoms with Crippen LogP contribution in [0.3, 0.4) is 0 Å². The number of furan rings is 1. The van der Waals surface area contributed by atoms with Crippen LogP contribution in [-0.4, -0.2) is 26.9 Å². The molecule has 0 saturated heterocycles. The molecule has 31 heavy (non-hydrogen) atoms. The summed E-state index contributed by atoms with van der Waals surface area (Å²) in [5.74, 6) is 1.75. The van der Waals surface area contributed by atoms with Gasteiger partial charge in [0.2, 0.25) is 0 Å². The maximum atomic E-state index is 12.5. The Hall–Kier alpha value is -2.32. The molecule has 9 heteroatoms. The molecule has 2 aliphatic carbocycles. The lowest BCUT2D eigenvalue weighted by Gasteiger charge is -2.57. The zero-order valence-electron chi connectivity index (χ0n) is 17.2. The van der Waals surface area contributed by atoms with E-state index >= 15 is 0 Å². The molecule has 0 radical (unpaired) electrons. The van der Waals surface area contributed by atoms with Crippen molar-refractivity contribution in [2.45, 2.75) is 50.3 Å². The van der Waals surface area contributed by atoms with Crippen LogP contribution in [0.2, 0.25) is 5.02 Å². The van der Waals surface area contributed by atoms with Crippen LogP contribution in [0.15, 0.2) is 39.2 Å². The molecule has 7 nitrogen and oxygen atoms in total. The summed E-state index contributed by atoms with van der Waals surface area (Å²) >= 11 is 6.03. The van der Waals surface area contributed by atoms with Gasteiger partial charge in [-0.15, -0.1) is 0 Å². The summed E-state index contributed by atoms with van der Waals surface area (Å²) in [4.78, 5) is 17.1. The number of fused-ring (bicyclic) bond motifs is 1. The highest BCUT2D eigenvalue weighted by molar-refractivity contribution is 7.91. The van der Waals surface area contributed by atoms with E-state index in [9.17, 15) is 9.00 Å². The number of benzene rings is 1. The number of nitrogens with one attached hydrogen (secondary N) is 2. The number of carbonyl (C=O) groups excluding carboxylic acids is 1. The molecule has 2 saturated carbocycles. The average Bonchev–Trinajstić information content (AvgIpc) is 3.28. The van der Waals surface area contributed by atoms with Gasteiger partial charge in [-0.1, -0.05) is 18.5 Å². The predicted octanol–water partition coefficient (Wildman–Crippen LogP) is 5.10. The number of nitrogens with zero attached hydrogens (tertiary/aromatic N) is 1. The van der Waals surface area contributed by atoms with E-state index in [0.717, 1.165) is 42.7 Å². The number of hydrogen-bond donors (Lipinski definition) is 2. The molecule has 1 atom stereocenters. The quantitative estimate of drug-likeness (QED) is 0.530. The molecule has 2 heterocycles. The molecule has 2 aliphatic rings. The van der Waals surface area contributed by atoms with Gasteiger partial charge in [-0.2, -0.15) is 0 Å². The van der Waals surface area contributed by atoms with Crippen molar-refractivity contribution in [1.29, 1.82) is 4.78 Å². The van der Waals surface area contributed by atoms with Gasteiger partial charge in [-0.25, -0.2) is 9.19 Å². The number of aromatic nitrogens is 1. The molecule has 5 rings (SSSR count). The Balaban J connectivity index is 1.13. The first kappa shape index (κ1) is 20.6. The third kappa shape index (κ3) is 3.99. The second kappa shape index (κ2) is 7.38. The molecular weight excluding hydrogens is 438 g/mol. The number of amides is 1. The summed E-state index contributed by atoms with van der Waals surface area (Å²) in [6, 6.07) is 8.81. The van der Waals surface area contributed by atoms with E-state index in [0.29, 0.717) is 16.7 Å². The maximum Gasteiger partial charge on any atom is 0.287 e. The fraction of sp³-hybridized carbons (Fsp3) is 0.455. The van der Waals surface area contributed by atoms with Crippen molar-refractivity contribution in [3.63, 3.8) is 0 Å². The van der Waals surface area contributed by atoms with E-state index < -0.39 is 9.73 Å². The van der Waals surface area contributed by atoms with Crippen molar-refractivity contribution in [1.82, 2.24) is 10.3 Å². The minimum atomic E-state index is -2.70. The Bertz CT molecular complexity index is 1250. The number of rotatable bonds is 6. The van der Waals surface area contributed by atoms with Crippen molar-refractivity contribution >= 4 is 38.3 Å². The SMILES string of the molecule is CCS(=N)(=O)Cc1ccc(C(=O)NC2CC3(C2)CC(c2nc4cc(Cl)ccc4o2)C3)o1. The van der Waals surface area contributed by atoms with Gasteiger partial charge in [0.15, 0.2) is 17.2 Å². The largest absolute Gasteiger partial charge is 0.455 e. The van der Waals surface area contributed by atoms with Gasteiger partial charge in [0.1, 0.15) is 11.3 Å². The minimum absolute atomic E-state index is 0.0345. The van der Waals surface area contributed by atoms with Gasteiger partial charge in [0, 0.05) is 22.7 Å². The fourth-order valence-electron chi connectivity index (χ4n) is 4.84. The fourth-order valence-corrected chi connectivity index (χ4v) is 5.83. The van der Waals surface area contributed by atoms with Crippen LogP contribution in [0.1, 0.15) is 60.7 Å². The molecule has 164 valence electrons. The first-order chi connectivity index (χ1) is 14.7. The van der Waals surface area contributed by atoms with E-state index in [4.69, 9.17) is 25.2 Å². The van der Waals surface area contributed by atoms with E-state index in [2.05, 4.69) is 10.3 Å². The van der Waals surface area contributed by atoms with Crippen molar-refractivity contribution < 1.29 is 17.8 Å². The lowest BCUT2D eigenvalue weighted by Crippen LogP contribution is -2.55. The van der Waals surface area contributed by atoms with Crippen LogP contribution in [0.25, 0.3) is 11.1 Å². The standard InChI is InChI=1S/C22H24ClN3O4S/c1-2-31(24,28)12-16-4-6-19(29-16)20(27)25-15-10-22(11-15)8-13(9-22)21-26-17-7-14(23)3-5-18(17)30-21/h3-7,13,15,24H,2,8-12H2,1H3,(H,25,27). The van der Waals surface area contributed by atoms with Gasteiger partial charge in [0.25, 0.3) is 5.91 Å². The molecule has 1 unspecified atom stereocenters. The van der Waals surface area contributed by atoms with Crippen LogP contribution in [0, 0.1) is 10.2 Å². The lowest BCUT2D eigenvalue weighted by molar-refractivity contribution is -0.0256. The Kier molecular flexibility index (Phi) is 4.90. The monoisotopic (exact) mass is 461 g/mol. The third-order valence-electron chi connectivity index (χ3n) is 6.50. The molecule has 0 bridgehead atoms. The maximum absolute atomic E-state index is 12.5. The molecule has 2 aromatic heterocycles. The summed E-state index contributed by atoms with van der Waals surface area (Å²) in [6.07, 6.45) is 3.90. The van der Waals surface area contributed by atoms with Crippen LogP contribution in [0.4, 0.5) is 0 Å². The summed E-state index contributed by atoms with van der Waals surface area (Å²) < 4.78 is 31.1. The minimum Gasteiger partial charge on any atom is -0.455 e. The summed E-state index contributed by atoms with van der Waals surface area (Å²) in [5, 5.41) is 3.67. The van der Waals surface area contributed by atoms with Crippen LogP contribution >= 0.6 is 11.6 Å². The molecule has 1 amide bonds. The lowest BCUT2D eigenvalue weighted by atomic mass is 9.50. The Morgan fingerprint density at radius 3 is 2.77 bits per heavy atom. The van der Waals surface area contributed by atoms with Gasteiger partial charge in [0.05, 0.1) is 15.5 Å². The molecule has 1 spiro atoms. The zero-order chi connectivity index (χ0) is 21.8. The van der Waals surface area contributed by atoms with Crippen LogP contribution < -0.4 is 5.32 Å². The smallest absolute Gasteiger partial charge is 0.287 e. The van der Waals surface area contributed by atoms with Crippen molar-refractivity contribution in [3.8, 4) is 0 Å². The normalized spacial score (nSPS) is 26.9. The Morgan fingerprint density at radius 1 is 1.26 bits per heavy atom. The second-order valence-electron chi connectivity index (χ2n) is 8.86. The van der Waals surface area contributed by atoms with Crippen molar-refractivity contribution in [2.24, 2.45) is 5.41 Å². The van der Waals surface area contributed by atoms with Gasteiger partial charge < -0.3 is 14.2 Å². The highest BCUT2D eigenvalue weighted by Gasteiger charge is 2.54. The molecule has 1 aromatic carbocycles. The summed E-state index contributed by atoms with van der Waals surface area (Å²) in [5.41, 5.74) is 1.81. The Morgan fingerprint density at radius 2 is 2.03 bits per heavy atom. The molecule has 2 N–H and O–H groups in total. The number of carbonyl (C=O) groups is 1. The molecular formula is C22H24ClN3O4S. The van der Waals surface area contributed by atoms with Gasteiger partial charge in [-0.05, 0) is 61.4 Å². The zero-order valence-corrected chi connectivity index (χ0v) is 18.7. The summed E-state index contributed by atoms with van der Waals surface area (Å²) in [7, 11) is -2.70. The first-order valence-electron chi connectivity index (χ1n) is 10.4. The third-order valence-corrected chi connectivity index (χ3v) is 8.41. The highest BCUT2D eigenvalue weighted by Crippen LogP contribution is 2.61. The van der Waals surface area contributed by atoms with E-state index in [1.54, 1.807) is 25.1 Å². The number of hydrogen-bond acceptors (Lipinski definition) is 6. The van der Waals surface area contributed by atoms with E-state index in [1.807, 2.05) is 12.1 Å². The molecule has 0 aliphatic heterocycles. The Labute approximate surface area is 185 Å². The van der Waals surface area contributed by atoms with Crippen LogP contribution in [0.5, 0.6) is 0 Å². The van der Waals surface area contributed by atoms with Gasteiger partial charge >= 0.3 is 0 Å². The summed E-state index contributed by atoms with van der Waals surface area (Å²) in [6.45, 7) is 1.71. The number of halogens is 1. The number of oxazole rings is 1. The van der Waals surface area contributed by atoms with Crippen molar-refractivity contribution in [3.05, 3.63) is 52.8 Å². The highest BCUT2D eigenvalue weighted by atomic mass is 35.5. The molecule has 3 aromatic rings. The molecule has 2 fully saturated rings. The van der Waals surface area contributed by atoms with Crippen LogP contribution in [-0.2, 0) is 15.5 Å². The predicted molar refractivity (Wildman–Crippen MR) is 118 cm³/mol. The average molecular weight is 462 g/mol. The second-order valence-corrected chi connectivity index (χ2v) is 11.8. The van der Waals surface area contributed by atoms with Gasteiger partial charge in [-0.3, -0.25) is 9.57 Å². The first-order valence-corrected chi connectivity index (χ1v) is 12.7. The van der Waals surface area contributed by atoms with E-state index in [-0.39, 0.29) is 34.6 Å².